The monoisotopic (exact) mass is 263 g/mol. The van der Waals surface area contributed by atoms with Crippen molar-refractivity contribution in [3.05, 3.63) is 29.8 Å². The molecule has 2 N–H and O–H groups in total. The van der Waals surface area contributed by atoms with Gasteiger partial charge in [-0.2, -0.15) is 0 Å². The fourth-order valence-corrected chi connectivity index (χ4v) is 2.15. The van der Waals surface area contributed by atoms with Crippen LogP contribution in [0.5, 0.6) is 0 Å². The number of carboxylic acid groups (broad SMARTS) is 1. The van der Waals surface area contributed by atoms with Crippen LogP contribution in [0.4, 0.5) is 5.69 Å². The predicted octanol–water partition coefficient (Wildman–Crippen LogP) is 4.22. The molecule has 1 aromatic rings. The van der Waals surface area contributed by atoms with Gasteiger partial charge >= 0.3 is 5.97 Å². The number of benzene rings is 1. The molecule has 0 saturated carbocycles. The van der Waals surface area contributed by atoms with Crippen molar-refractivity contribution in [2.45, 2.75) is 58.4 Å². The molecule has 0 radical (unpaired) electrons. The van der Waals surface area contributed by atoms with Crippen molar-refractivity contribution in [1.29, 1.82) is 0 Å². The standard InChI is InChI=1S/C16H25NO2/c1-3-4-5-6-7-11-15(16(18)19)17-14-10-8-9-13(2)12-14/h8-10,12,15,17H,3-7,11H2,1-2H3,(H,18,19). The van der Waals surface area contributed by atoms with Crippen LogP contribution < -0.4 is 5.32 Å². The third-order valence-corrected chi connectivity index (χ3v) is 3.25. The van der Waals surface area contributed by atoms with E-state index in [9.17, 15) is 9.90 Å². The SMILES string of the molecule is CCCCCCCC(Nc1cccc(C)c1)C(=O)O. The second-order valence-electron chi connectivity index (χ2n) is 5.11. The first-order valence-electron chi connectivity index (χ1n) is 7.19. The molecular formula is C16H25NO2. The molecule has 0 aromatic heterocycles. The topological polar surface area (TPSA) is 49.3 Å². The average Bonchev–Trinajstić information content (AvgIpc) is 2.37. The summed E-state index contributed by atoms with van der Waals surface area (Å²) in [4.78, 5) is 11.2. The number of rotatable bonds is 9. The summed E-state index contributed by atoms with van der Waals surface area (Å²) in [6, 6.07) is 7.36. The molecule has 0 fully saturated rings. The summed E-state index contributed by atoms with van der Waals surface area (Å²) in [6.45, 7) is 4.19. The Kier molecular flexibility index (Phi) is 7.01. The smallest absolute Gasteiger partial charge is 0.326 e. The van der Waals surface area contributed by atoms with Gasteiger partial charge in [0.1, 0.15) is 6.04 Å². The van der Waals surface area contributed by atoms with Crippen LogP contribution in [-0.4, -0.2) is 17.1 Å². The molecule has 0 saturated heterocycles. The highest BCUT2D eigenvalue weighted by Gasteiger charge is 2.16. The Morgan fingerprint density at radius 3 is 2.63 bits per heavy atom. The van der Waals surface area contributed by atoms with E-state index in [-0.39, 0.29) is 0 Å². The van der Waals surface area contributed by atoms with Crippen LogP contribution >= 0.6 is 0 Å². The number of hydrogen-bond donors (Lipinski definition) is 2. The van der Waals surface area contributed by atoms with Gasteiger partial charge in [-0.25, -0.2) is 4.79 Å². The number of anilines is 1. The van der Waals surface area contributed by atoms with Gasteiger partial charge in [0.05, 0.1) is 0 Å². The Bertz CT molecular complexity index is 390. The third kappa shape index (κ3) is 6.27. The van der Waals surface area contributed by atoms with Crippen LogP contribution in [0.15, 0.2) is 24.3 Å². The summed E-state index contributed by atoms with van der Waals surface area (Å²) < 4.78 is 0. The molecule has 1 rings (SSSR count). The van der Waals surface area contributed by atoms with E-state index in [0.717, 1.165) is 24.1 Å². The van der Waals surface area contributed by atoms with Gasteiger partial charge in [-0.15, -0.1) is 0 Å². The van der Waals surface area contributed by atoms with Crippen LogP contribution in [0, 0.1) is 6.92 Å². The zero-order chi connectivity index (χ0) is 14.1. The Hall–Kier alpha value is -1.51. The highest BCUT2D eigenvalue weighted by atomic mass is 16.4. The Morgan fingerprint density at radius 2 is 2.00 bits per heavy atom. The molecule has 0 amide bonds. The summed E-state index contributed by atoms with van der Waals surface area (Å²) >= 11 is 0. The van der Waals surface area contributed by atoms with Crippen molar-refractivity contribution in [3.63, 3.8) is 0 Å². The highest BCUT2D eigenvalue weighted by Crippen LogP contribution is 2.14. The second kappa shape index (κ2) is 8.57. The summed E-state index contributed by atoms with van der Waals surface area (Å²) in [5, 5.41) is 12.4. The molecule has 1 aromatic carbocycles. The summed E-state index contributed by atoms with van der Waals surface area (Å²) in [7, 11) is 0. The molecule has 0 heterocycles. The lowest BCUT2D eigenvalue weighted by Crippen LogP contribution is -2.29. The Balaban J connectivity index is 2.42. The molecule has 106 valence electrons. The van der Waals surface area contributed by atoms with E-state index in [1.165, 1.54) is 19.3 Å². The molecule has 1 unspecified atom stereocenters. The number of unbranched alkanes of at least 4 members (excludes halogenated alkanes) is 4. The average molecular weight is 263 g/mol. The van der Waals surface area contributed by atoms with Gasteiger partial charge in [-0.1, -0.05) is 51.2 Å². The lowest BCUT2D eigenvalue weighted by Gasteiger charge is -2.16. The predicted molar refractivity (Wildman–Crippen MR) is 79.6 cm³/mol. The summed E-state index contributed by atoms with van der Waals surface area (Å²) in [6.07, 6.45) is 6.43. The van der Waals surface area contributed by atoms with E-state index in [2.05, 4.69) is 12.2 Å². The first kappa shape index (κ1) is 15.5. The van der Waals surface area contributed by atoms with Crippen molar-refractivity contribution in [3.8, 4) is 0 Å². The number of hydrogen-bond acceptors (Lipinski definition) is 2. The lowest BCUT2D eigenvalue weighted by molar-refractivity contribution is -0.138. The molecule has 3 nitrogen and oxygen atoms in total. The molecular weight excluding hydrogens is 238 g/mol. The maximum atomic E-state index is 11.2. The van der Waals surface area contributed by atoms with Crippen LogP contribution in [0.25, 0.3) is 0 Å². The van der Waals surface area contributed by atoms with E-state index in [1.807, 2.05) is 31.2 Å². The van der Waals surface area contributed by atoms with Gasteiger partial charge in [-0.05, 0) is 31.0 Å². The first-order valence-corrected chi connectivity index (χ1v) is 7.19. The van der Waals surface area contributed by atoms with Crippen LogP contribution in [-0.2, 0) is 4.79 Å². The normalized spacial score (nSPS) is 12.1. The summed E-state index contributed by atoms with van der Waals surface area (Å²) in [5.41, 5.74) is 2.03. The first-order chi connectivity index (χ1) is 9.13. The van der Waals surface area contributed by atoms with Gasteiger partial charge in [0, 0.05) is 5.69 Å². The van der Waals surface area contributed by atoms with E-state index in [0.29, 0.717) is 6.42 Å². The van der Waals surface area contributed by atoms with Gasteiger partial charge in [0.15, 0.2) is 0 Å². The number of aryl methyl sites for hydroxylation is 1. The fourth-order valence-electron chi connectivity index (χ4n) is 2.15. The van der Waals surface area contributed by atoms with Crippen LogP contribution in [0.1, 0.15) is 51.0 Å². The molecule has 0 bridgehead atoms. The van der Waals surface area contributed by atoms with Gasteiger partial charge < -0.3 is 10.4 Å². The van der Waals surface area contributed by atoms with Crippen molar-refractivity contribution < 1.29 is 9.90 Å². The molecule has 0 aliphatic heterocycles. The fraction of sp³-hybridized carbons (Fsp3) is 0.562. The maximum Gasteiger partial charge on any atom is 0.326 e. The quantitative estimate of drug-likeness (QED) is 0.656. The Labute approximate surface area is 116 Å². The molecule has 3 heteroatoms. The number of carbonyl (C=O) groups is 1. The second-order valence-corrected chi connectivity index (χ2v) is 5.11. The number of aliphatic carboxylic acids is 1. The van der Waals surface area contributed by atoms with Crippen molar-refractivity contribution >= 4 is 11.7 Å². The lowest BCUT2D eigenvalue weighted by atomic mass is 10.1. The summed E-state index contributed by atoms with van der Waals surface area (Å²) in [5.74, 6) is -0.767. The maximum absolute atomic E-state index is 11.2. The van der Waals surface area contributed by atoms with E-state index < -0.39 is 12.0 Å². The van der Waals surface area contributed by atoms with Crippen molar-refractivity contribution in [1.82, 2.24) is 0 Å². The zero-order valence-electron chi connectivity index (χ0n) is 12.0. The van der Waals surface area contributed by atoms with Crippen LogP contribution in [0.2, 0.25) is 0 Å². The molecule has 0 aliphatic carbocycles. The minimum Gasteiger partial charge on any atom is -0.480 e. The van der Waals surface area contributed by atoms with Crippen LogP contribution in [0.3, 0.4) is 0 Å². The number of carboxylic acids is 1. The minimum atomic E-state index is -0.767. The van der Waals surface area contributed by atoms with Crippen molar-refractivity contribution in [2.24, 2.45) is 0 Å². The van der Waals surface area contributed by atoms with E-state index in [1.54, 1.807) is 0 Å². The van der Waals surface area contributed by atoms with Gasteiger partial charge in [-0.3, -0.25) is 0 Å². The van der Waals surface area contributed by atoms with Crippen molar-refractivity contribution in [2.75, 3.05) is 5.32 Å². The molecule has 0 aliphatic rings. The number of nitrogens with one attached hydrogen (secondary N) is 1. The molecule has 19 heavy (non-hydrogen) atoms. The zero-order valence-corrected chi connectivity index (χ0v) is 12.0. The molecule has 1 atom stereocenters. The van der Waals surface area contributed by atoms with E-state index >= 15 is 0 Å². The highest BCUT2D eigenvalue weighted by molar-refractivity contribution is 5.77. The Morgan fingerprint density at radius 1 is 1.26 bits per heavy atom. The largest absolute Gasteiger partial charge is 0.480 e. The molecule has 0 spiro atoms. The van der Waals surface area contributed by atoms with E-state index in [4.69, 9.17) is 0 Å². The third-order valence-electron chi connectivity index (χ3n) is 3.25. The van der Waals surface area contributed by atoms with Gasteiger partial charge in [0.25, 0.3) is 0 Å². The minimum absolute atomic E-state index is 0.483. The van der Waals surface area contributed by atoms with Gasteiger partial charge in [0.2, 0.25) is 0 Å².